The molecule has 0 aromatic heterocycles. The van der Waals surface area contributed by atoms with Crippen LogP contribution >= 0.6 is 0 Å². The van der Waals surface area contributed by atoms with Crippen molar-refractivity contribution in [3.05, 3.63) is 40.7 Å². The summed E-state index contributed by atoms with van der Waals surface area (Å²) in [5, 5.41) is 8.87. The van der Waals surface area contributed by atoms with E-state index >= 15 is 0 Å². The van der Waals surface area contributed by atoms with Gasteiger partial charge in [-0.15, -0.1) is 0 Å². The van der Waals surface area contributed by atoms with Crippen LogP contribution in [0.15, 0.2) is 6.58 Å². The van der Waals surface area contributed by atoms with Crippen LogP contribution < -0.4 is 0 Å². The molecule has 0 spiro atoms. The zero-order chi connectivity index (χ0) is 13.3. The first-order chi connectivity index (χ1) is 7.82. The van der Waals surface area contributed by atoms with Crippen LogP contribution in [0.25, 0.3) is 6.08 Å². The highest BCUT2D eigenvalue weighted by Gasteiger charge is 2.28. The minimum atomic E-state index is -1.63. The maximum absolute atomic E-state index is 13.7. The molecule has 0 aliphatic heterocycles. The molecule has 0 atom stereocenters. The van der Waals surface area contributed by atoms with Crippen molar-refractivity contribution >= 4 is 12.0 Å². The molecule has 1 aromatic carbocycles. The van der Waals surface area contributed by atoms with Gasteiger partial charge in [-0.25, -0.2) is 18.0 Å². The maximum atomic E-state index is 13.7. The largest absolute Gasteiger partial charge is 0.478 e. The Morgan fingerprint density at radius 2 is 1.76 bits per heavy atom. The monoisotopic (exact) mass is 244 g/mol. The van der Waals surface area contributed by atoms with E-state index in [-0.39, 0.29) is 0 Å². The number of carboxylic acid groups (broad SMARTS) is 1. The summed E-state index contributed by atoms with van der Waals surface area (Å²) < 4.78 is 40.8. The summed E-state index contributed by atoms with van der Waals surface area (Å²) in [7, 11) is 0. The average molecular weight is 244 g/mol. The standard InChI is InChI=1S/C12H11F3O2/c1-4-6-9(13)8(12(16)17)7(5(2)3)11(15)10(6)14/h4-5H,1H2,2-3H3,(H,16,17). The van der Waals surface area contributed by atoms with Crippen molar-refractivity contribution < 1.29 is 23.1 Å². The van der Waals surface area contributed by atoms with Crippen molar-refractivity contribution in [2.75, 3.05) is 0 Å². The summed E-state index contributed by atoms with van der Waals surface area (Å²) in [6.07, 6.45) is 0.754. The summed E-state index contributed by atoms with van der Waals surface area (Å²) in [5.41, 5.74) is -2.07. The summed E-state index contributed by atoms with van der Waals surface area (Å²) in [6.45, 7) is 6.04. The summed E-state index contributed by atoms with van der Waals surface area (Å²) >= 11 is 0. The van der Waals surface area contributed by atoms with Gasteiger partial charge in [0, 0.05) is 11.1 Å². The second-order valence-electron chi connectivity index (χ2n) is 3.81. The molecule has 0 aliphatic carbocycles. The number of aromatic carboxylic acids is 1. The maximum Gasteiger partial charge on any atom is 0.339 e. The lowest BCUT2D eigenvalue weighted by Crippen LogP contribution is -2.14. The van der Waals surface area contributed by atoms with Gasteiger partial charge in [0.1, 0.15) is 11.4 Å². The van der Waals surface area contributed by atoms with Crippen LogP contribution in [0.2, 0.25) is 0 Å². The van der Waals surface area contributed by atoms with Gasteiger partial charge in [0.05, 0.1) is 0 Å². The Morgan fingerprint density at radius 3 is 2.12 bits per heavy atom. The van der Waals surface area contributed by atoms with Crippen LogP contribution in [0.5, 0.6) is 0 Å². The van der Waals surface area contributed by atoms with Crippen molar-refractivity contribution in [1.82, 2.24) is 0 Å². The summed E-state index contributed by atoms with van der Waals surface area (Å²) in [5.74, 6) is -6.33. The van der Waals surface area contributed by atoms with Crippen LogP contribution in [0, 0.1) is 17.5 Å². The van der Waals surface area contributed by atoms with E-state index < -0.39 is 46.0 Å². The van der Waals surface area contributed by atoms with Gasteiger partial charge in [-0.2, -0.15) is 0 Å². The first-order valence-electron chi connectivity index (χ1n) is 4.88. The SMILES string of the molecule is C=Cc1c(F)c(F)c(C(C)C)c(C(=O)O)c1F. The number of carboxylic acids is 1. The Hall–Kier alpha value is -1.78. The Labute approximate surface area is 96.4 Å². The van der Waals surface area contributed by atoms with Crippen LogP contribution in [-0.2, 0) is 0 Å². The lowest BCUT2D eigenvalue weighted by molar-refractivity contribution is 0.0689. The molecule has 0 radical (unpaired) electrons. The van der Waals surface area contributed by atoms with Crippen LogP contribution in [0.3, 0.4) is 0 Å². The van der Waals surface area contributed by atoms with Crippen molar-refractivity contribution in [2.45, 2.75) is 19.8 Å². The molecule has 0 fully saturated rings. The molecule has 0 aliphatic rings. The predicted octanol–water partition coefficient (Wildman–Crippen LogP) is 3.57. The van der Waals surface area contributed by atoms with Crippen molar-refractivity contribution in [1.29, 1.82) is 0 Å². The highest BCUT2D eigenvalue weighted by atomic mass is 19.2. The number of rotatable bonds is 3. The van der Waals surface area contributed by atoms with Gasteiger partial charge in [0.2, 0.25) is 0 Å². The lowest BCUT2D eigenvalue weighted by Gasteiger charge is -2.14. The smallest absolute Gasteiger partial charge is 0.339 e. The fraction of sp³-hybridized carbons (Fsp3) is 0.250. The van der Waals surface area contributed by atoms with Gasteiger partial charge >= 0.3 is 5.97 Å². The normalized spacial score (nSPS) is 10.7. The molecule has 1 aromatic rings. The van der Waals surface area contributed by atoms with E-state index in [2.05, 4.69) is 6.58 Å². The fourth-order valence-corrected chi connectivity index (χ4v) is 1.63. The quantitative estimate of drug-likeness (QED) is 0.825. The van der Waals surface area contributed by atoms with E-state index in [4.69, 9.17) is 5.11 Å². The number of benzene rings is 1. The Kier molecular flexibility index (Phi) is 3.60. The first kappa shape index (κ1) is 13.3. The molecule has 92 valence electrons. The van der Waals surface area contributed by atoms with Crippen molar-refractivity contribution in [3.8, 4) is 0 Å². The van der Waals surface area contributed by atoms with Gasteiger partial charge in [0.25, 0.3) is 0 Å². The molecule has 0 bridgehead atoms. The van der Waals surface area contributed by atoms with E-state index in [1.165, 1.54) is 13.8 Å². The number of carbonyl (C=O) groups is 1. The van der Waals surface area contributed by atoms with Crippen molar-refractivity contribution in [3.63, 3.8) is 0 Å². The minimum absolute atomic E-state index is 0.474. The second-order valence-corrected chi connectivity index (χ2v) is 3.81. The first-order valence-corrected chi connectivity index (χ1v) is 4.88. The molecule has 17 heavy (non-hydrogen) atoms. The van der Waals surface area contributed by atoms with Gasteiger partial charge in [-0.05, 0) is 5.92 Å². The highest BCUT2D eigenvalue weighted by Crippen LogP contribution is 2.30. The van der Waals surface area contributed by atoms with Gasteiger partial charge in [-0.3, -0.25) is 0 Å². The third kappa shape index (κ3) is 2.05. The zero-order valence-electron chi connectivity index (χ0n) is 9.35. The molecule has 0 saturated heterocycles. The van der Waals surface area contributed by atoms with E-state index in [1.54, 1.807) is 0 Å². The van der Waals surface area contributed by atoms with E-state index in [0.717, 1.165) is 6.08 Å². The van der Waals surface area contributed by atoms with Gasteiger partial charge < -0.3 is 5.11 Å². The zero-order valence-corrected chi connectivity index (χ0v) is 9.35. The number of halogens is 3. The number of hydrogen-bond acceptors (Lipinski definition) is 1. The summed E-state index contributed by atoms with van der Waals surface area (Å²) in [6, 6.07) is 0. The molecular formula is C12H11F3O2. The fourth-order valence-electron chi connectivity index (χ4n) is 1.63. The number of hydrogen-bond donors (Lipinski definition) is 1. The lowest BCUT2D eigenvalue weighted by atomic mass is 9.93. The van der Waals surface area contributed by atoms with Crippen LogP contribution in [0.4, 0.5) is 13.2 Å². The Balaban J connectivity index is 3.83. The Morgan fingerprint density at radius 1 is 1.24 bits per heavy atom. The molecule has 2 nitrogen and oxygen atoms in total. The van der Waals surface area contributed by atoms with Gasteiger partial charge in [0.15, 0.2) is 11.6 Å². The van der Waals surface area contributed by atoms with Crippen LogP contribution in [-0.4, -0.2) is 11.1 Å². The molecule has 1 rings (SSSR count). The Bertz CT molecular complexity index is 493. The molecule has 0 unspecified atom stereocenters. The third-order valence-corrected chi connectivity index (χ3v) is 2.39. The van der Waals surface area contributed by atoms with Crippen molar-refractivity contribution in [2.24, 2.45) is 0 Å². The second kappa shape index (κ2) is 4.61. The topological polar surface area (TPSA) is 37.3 Å². The molecule has 0 saturated carbocycles. The molecular weight excluding hydrogens is 233 g/mol. The summed E-state index contributed by atoms with van der Waals surface area (Å²) in [4.78, 5) is 10.9. The third-order valence-electron chi connectivity index (χ3n) is 2.39. The average Bonchev–Trinajstić information content (AvgIpc) is 2.22. The van der Waals surface area contributed by atoms with Crippen LogP contribution in [0.1, 0.15) is 41.3 Å². The van der Waals surface area contributed by atoms with E-state index in [1.807, 2.05) is 0 Å². The molecule has 0 amide bonds. The van der Waals surface area contributed by atoms with E-state index in [0.29, 0.717) is 0 Å². The van der Waals surface area contributed by atoms with Gasteiger partial charge in [-0.1, -0.05) is 26.5 Å². The highest BCUT2D eigenvalue weighted by molar-refractivity contribution is 5.91. The molecule has 0 heterocycles. The minimum Gasteiger partial charge on any atom is -0.478 e. The predicted molar refractivity (Wildman–Crippen MR) is 57.5 cm³/mol. The van der Waals surface area contributed by atoms with E-state index in [9.17, 15) is 18.0 Å². The molecule has 1 N–H and O–H groups in total. The molecule has 5 heteroatoms.